The van der Waals surface area contributed by atoms with E-state index in [-0.39, 0.29) is 11.6 Å². The van der Waals surface area contributed by atoms with Gasteiger partial charge in [-0.25, -0.2) is 18.6 Å². The first-order chi connectivity index (χ1) is 13.0. The number of aromatic nitrogens is 1. The van der Waals surface area contributed by atoms with Gasteiger partial charge >= 0.3 is 5.97 Å². The molecule has 2 heterocycles. The smallest absolute Gasteiger partial charge is 0.339 e. The predicted octanol–water partition coefficient (Wildman–Crippen LogP) is 3.81. The molecule has 1 atom stereocenters. The number of carbonyl (C=O) groups excluding carboxylic acids is 2. The van der Waals surface area contributed by atoms with Crippen LogP contribution in [0.15, 0.2) is 47.8 Å². The van der Waals surface area contributed by atoms with Crippen LogP contribution in [0.5, 0.6) is 0 Å². The van der Waals surface area contributed by atoms with Gasteiger partial charge in [0.2, 0.25) is 0 Å². The normalized spacial score (nSPS) is 15.8. The van der Waals surface area contributed by atoms with E-state index in [0.717, 1.165) is 29.0 Å². The van der Waals surface area contributed by atoms with E-state index in [1.165, 1.54) is 6.07 Å². The number of esters is 1. The number of ether oxygens (including phenoxy) is 1. The van der Waals surface area contributed by atoms with Crippen LogP contribution in [0.1, 0.15) is 15.9 Å². The summed E-state index contributed by atoms with van der Waals surface area (Å²) in [5.41, 5.74) is 2.00. The fraction of sp³-hybridized carbons (Fsp3) is 0.105. The number of hydrogen-bond acceptors (Lipinski definition) is 5. The van der Waals surface area contributed by atoms with Crippen LogP contribution in [-0.2, 0) is 16.0 Å². The summed E-state index contributed by atoms with van der Waals surface area (Å²) in [5.74, 6) is -2.96. The lowest BCUT2D eigenvalue weighted by molar-refractivity contribution is -0.125. The van der Waals surface area contributed by atoms with Crippen molar-refractivity contribution >= 4 is 28.3 Å². The van der Waals surface area contributed by atoms with Gasteiger partial charge < -0.3 is 4.74 Å². The Morgan fingerprint density at radius 2 is 2.00 bits per heavy atom. The van der Waals surface area contributed by atoms with Crippen molar-refractivity contribution < 1.29 is 23.1 Å². The second kappa shape index (κ2) is 6.88. The Bertz CT molecular complexity index is 1050. The Balaban J connectivity index is 1.49. The molecule has 27 heavy (non-hydrogen) atoms. The molecule has 0 fully saturated rings. The van der Waals surface area contributed by atoms with Gasteiger partial charge in [-0.15, -0.1) is 11.3 Å². The predicted molar refractivity (Wildman–Crippen MR) is 95.4 cm³/mol. The summed E-state index contributed by atoms with van der Waals surface area (Å²) in [7, 11) is 0. The molecule has 136 valence electrons. The summed E-state index contributed by atoms with van der Waals surface area (Å²) in [5, 5.41) is 4.49. The highest BCUT2D eigenvalue weighted by Gasteiger charge is 2.31. The molecule has 0 saturated carbocycles. The molecule has 2 aromatic carbocycles. The molecule has 0 radical (unpaired) electrons. The molecule has 5 nitrogen and oxygen atoms in total. The molecule has 1 aliphatic heterocycles. The number of fused-ring (bicyclic) bond motifs is 1. The van der Waals surface area contributed by atoms with Crippen molar-refractivity contribution in [2.24, 2.45) is 0 Å². The number of nitrogens with zero attached hydrogens (tertiary/aromatic N) is 1. The molecule has 1 aliphatic rings. The summed E-state index contributed by atoms with van der Waals surface area (Å²) >= 11 is 1.13. The lowest BCUT2D eigenvalue weighted by atomic mass is 9.98. The number of rotatable bonds is 3. The molecule has 8 heteroatoms. The van der Waals surface area contributed by atoms with Crippen LogP contribution < -0.4 is 5.32 Å². The van der Waals surface area contributed by atoms with Gasteiger partial charge in [-0.05, 0) is 29.8 Å². The van der Waals surface area contributed by atoms with E-state index in [0.29, 0.717) is 16.8 Å². The average molecular weight is 386 g/mol. The minimum atomic E-state index is -0.973. The Hall–Kier alpha value is -3.13. The SMILES string of the molecule is O=C1O[C@H](C(=O)Nc2nc(-c3ccc(F)c(F)c3)cs2)Cc2ccccc21. The first-order valence-corrected chi connectivity index (χ1v) is 8.90. The van der Waals surface area contributed by atoms with Gasteiger partial charge in [0.15, 0.2) is 22.9 Å². The van der Waals surface area contributed by atoms with Crippen molar-refractivity contribution in [1.82, 2.24) is 4.98 Å². The molecule has 0 spiro atoms. The quantitative estimate of drug-likeness (QED) is 0.695. The summed E-state index contributed by atoms with van der Waals surface area (Å²) in [4.78, 5) is 28.7. The lowest BCUT2D eigenvalue weighted by Crippen LogP contribution is -2.37. The molecule has 1 N–H and O–H groups in total. The maximum atomic E-state index is 13.4. The molecular weight excluding hydrogens is 374 g/mol. The molecule has 1 amide bonds. The highest BCUT2D eigenvalue weighted by Crippen LogP contribution is 2.27. The second-order valence-corrected chi connectivity index (χ2v) is 6.77. The number of halogens is 2. The van der Waals surface area contributed by atoms with E-state index in [1.807, 2.05) is 0 Å². The largest absolute Gasteiger partial charge is 0.448 e. The maximum absolute atomic E-state index is 13.4. The minimum Gasteiger partial charge on any atom is -0.448 e. The third-order valence-corrected chi connectivity index (χ3v) is 4.89. The molecule has 3 aromatic rings. The number of carbonyl (C=O) groups is 2. The molecule has 4 rings (SSSR count). The van der Waals surface area contributed by atoms with Crippen molar-refractivity contribution in [2.75, 3.05) is 5.32 Å². The first kappa shape index (κ1) is 17.3. The van der Waals surface area contributed by atoms with Crippen LogP contribution in [0.2, 0.25) is 0 Å². The third kappa shape index (κ3) is 3.43. The average Bonchev–Trinajstić information content (AvgIpc) is 3.12. The molecule has 0 saturated heterocycles. The summed E-state index contributed by atoms with van der Waals surface area (Å²) in [6.45, 7) is 0. The first-order valence-electron chi connectivity index (χ1n) is 8.02. The monoisotopic (exact) mass is 386 g/mol. The number of thiazole rings is 1. The van der Waals surface area contributed by atoms with Crippen molar-refractivity contribution in [3.63, 3.8) is 0 Å². The summed E-state index contributed by atoms with van der Waals surface area (Å²) in [6, 6.07) is 10.4. The van der Waals surface area contributed by atoms with Crippen LogP contribution in [0.4, 0.5) is 13.9 Å². The molecular formula is C19H12F2N2O3S. The number of anilines is 1. The zero-order valence-electron chi connectivity index (χ0n) is 13.7. The molecule has 0 unspecified atom stereocenters. The van der Waals surface area contributed by atoms with Gasteiger partial charge in [-0.3, -0.25) is 10.1 Å². The number of benzene rings is 2. The van der Waals surface area contributed by atoms with Crippen molar-refractivity contribution in [1.29, 1.82) is 0 Å². The summed E-state index contributed by atoms with van der Waals surface area (Å²) in [6.07, 6.45) is -0.683. The van der Waals surface area contributed by atoms with E-state index >= 15 is 0 Å². The highest BCUT2D eigenvalue weighted by atomic mass is 32.1. The minimum absolute atomic E-state index is 0.273. The van der Waals surface area contributed by atoms with Crippen LogP contribution in [0.25, 0.3) is 11.3 Å². The number of nitrogens with one attached hydrogen (secondary N) is 1. The molecule has 0 bridgehead atoms. The molecule has 1 aromatic heterocycles. The topological polar surface area (TPSA) is 68.3 Å². The zero-order valence-corrected chi connectivity index (χ0v) is 14.6. The van der Waals surface area contributed by atoms with Gasteiger partial charge in [0, 0.05) is 17.4 Å². The van der Waals surface area contributed by atoms with Gasteiger partial charge in [0.1, 0.15) is 0 Å². The number of hydrogen-bond donors (Lipinski definition) is 1. The van der Waals surface area contributed by atoms with Crippen LogP contribution in [0, 0.1) is 11.6 Å². The Morgan fingerprint density at radius 3 is 2.81 bits per heavy atom. The lowest BCUT2D eigenvalue weighted by Gasteiger charge is -2.23. The Kier molecular flexibility index (Phi) is 4.41. The van der Waals surface area contributed by atoms with Gasteiger partial charge in [0.05, 0.1) is 11.3 Å². The van der Waals surface area contributed by atoms with E-state index in [9.17, 15) is 18.4 Å². The third-order valence-electron chi connectivity index (χ3n) is 4.13. The Morgan fingerprint density at radius 1 is 1.19 bits per heavy atom. The number of cyclic esters (lactones) is 1. The highest BCUT2D eigenvalue weighted by molar-refractivity contribution is 7.14. The zero-order chi connectivity index (χ0) is 19.0. The van der Waals surface area contributed by atoms with Gasteiger partial charge in [-0.1, -0.05) is 18.2 Å². The van der Waals surface area contributed by atoms with E-state index < -0.39 is 29.6 Å². The van der Waals surface area contributed by atoms with E-state index in [2.05, 4.69) is 10.3 Å². The molecule has 0 aliphatic carbocycles. The van der Waals surface area contributed by atoms with Crippen LogP contribution in [-0.4, -0.2) is 23.0 Å². The van der Waals surface area contributed by atoms with E-state index in [4.69, 9.17) is 4.74 Å². The fourth-order valence-electron chi connectivity index (χ4n) is 2.78. The van der Waals surface area contributed by atoms with Crippen molar-refractivity contribution in [3.05, 3.63) is 70.6 Å². The van der Waals surface area contributed by atoms with Crippen molar-refractivity contribution in [3.8, 4) is 11.3 Å². The maximum Gasteiger partial charge on any atom is 0.339 e. The van der Waals surface area contributed by atoms with Gasteiger partial charge in [0.25, 0.3) is 5.91 Å². The van der Waals surface area contributed by atoms with Crippen LogP contribution >= 0.6 is 11.3 Å². The van der Waals surface area contributed by atoms with Crippen molar-refractivity contribution in [2.45, 2.75) is 12.5 Å². The Labute approximate surface area is 156 Å². The fourth-order valence-corrected chi connectivity index (χ4v) is 3.51. The number of amides is 1. The standard InChI is InChI=1S/C19H12F2N2O3S/c20-13-6-5-11(7-14(13)21)15-9-27-19(22-15)23-17(24)16-8-10-3-1-2-4-12(10)18(25)26-16/h1-7,9,16H,8H2,(H,22,23,24)/t16-/m0/s1. The summed E-state index contributed by atoms with van der Waals surface area (Å²) < 4.78 is 31.6. The van der Waals surface area contributed by atoms with Gasteiger partial charge in [-0.2, -0.15) is 0 Å². The van der Waals surface area contributed by atoms with E-state index in [1.54, 1.807) is 29.6 Å². The van der Waals surface area contributed by atoms with Crippen LogP contribution in [0.3, 0.4) is 0 Å². The second-order valence-electron chi connectivity index (χ2n) is 5.91.